The van der Waals surface area contributed by atoms with Crippen molar-refractivity contribution in [2.75, 3.05) is 11.1 Å². The third-order valence-electron chi connectivity index (χ3n) is 5.00. The molecular weight excluding hydrogens is 356 g/mol. The van der Waals surface area contributed by atoms with Gasteiger partial charge in [0.15, 0.2) is 0 Å². The van der Waals surface area contributed by atoms with Gasteiger partial charge in [0.05, 0.1) is 16.9 Å². The fraction of sp³-hybridized carbons (Fsp3) is 0.286. The van der Waals surface area contributed by atoms with Crippen LogP contribution in [0, 0.1) is 11.3 Å². The van der Waals surface area contributed by atoms with Crippen molar-refractivity contribution < 1.29 is 4.79 Å². The Bertz CT molecular complexity index is 1060. The number of benzene rings is 1. The van der Waals surface area contributed by atoms with E-state index in [1.165, 1.54) is 36.2 Å². The number of pyridine rings is 1. The number of thiophene rings is 1. The lowest BCUT2D eigenvalue weighted by atomic mass is 9.96. The summed E-state index contributed by atoms with van der Waals surface area (Å²) in [6.07, 6.45) is 6.83. The van der Waals surface area contributed by atoms with Crippen molar-refractivity contribution in [1.82, 2.24) is 4.98 Å². The molecule has 0 radical (unpaired) electrons. The van der Waals surface area contributed by atoms with Crippen molar-refractivity contribution in [2.24, 2.45) is 0 Å². The molecule has 1 aliphatic carbocycles. The average molecular weight is 376 g/mol. The number of carbonyl (C=O) groups excluding carboxylic acids is 1. The van der Waals surface area contributed by atoms with Crippen LogP contribution in [0.2, 0.25) is 0 Å². The number of anilines is 2. The van der Waals surface area contributed by atoms with Crippen LogP contribution in [0.25, 0.3) is 10.2 Å². The van der Waals surface area contributed by atoms with Crippen LogP contribution in [0.15, 0.2) is 30.3 Å². The second kappa shape index (κ2) is 7.37. The van der Waals surface area contributed by atoms with Crippen LogP contribution in [-0.4, -0.2) is 10.9 Å². The number of aryl methyl sites for hydroxylation is 2. The average Bonchev–Trinajstić information content (AvgIpc) is 2.98. The fourth-order valence-electron chi connectivity index (χ4n) is 3.55. The highest BCUT2D eigenvalue weighted by Gasteiger charge is 2.20. The Labute approximate surface area is 161 Å². The Hall–Kier alpha value is -2.91. The fourth-order valence-corrected chi connectivity index (χ4v) is 4.54. The maximum absolute atomic E-state index is 12.8. The summed E-state index contributed by atoms with van der Waals surface area (Å²) in [6.45, 7) is 0. The van der Waals surface area contributed by atoms with Gasteiger partial charge in [0.1, 0.15) is 15.8 Å². The largest absolute Gasteiger partial charge is 0.397 e. The predicted octanol–water partition coefficient (Wildman–Crippen LogP) is 4.66. The Balaban J connectivity index is 1.70. The molecule has 6 heteroatoms. The predicted molar refractivity (Wildman–Crippen MR) is 109 cm³/mol. The molecule has 3 N–H and O–H groups in total. The molecule has 0 spiro atoms. The van der Waals surface area contributed by atoms with E-state index in [9.17, 15) is 10.1 Å². The molecule has 2 aromatic heterocycles. The number of hydrogen-bond acceptors (Lipinski definition) is 5. The monoisotopic (exact) mass is 376 g/mol. The number of nitriles is 1. The van der Waals surface area contributed by atoms with E-state index < -0.39 is 0 Å². The van der Waals surface area contributed by atoms with Crippen LogP contribution in [0.5, 0.6) is 0 Å². The minimum absolute atomic E-state index is 0.300. The van der Waals surface area contributed by atoms with Crippen molar-refractivity contribution >= 4 is 38.8 Å². The molecule has 0 saturated carbocycles. The third kappa shape index (κ3) is 3.38. The van der Waals surface area contributed by atoms with Gasteiger partial charge in [-0.15, -0.1) is 11.3 Å². The molecule has 0 fully saturated rings. The van der Waals surface area contributed by atoms with E-state index >= 15 is 0 Å². The van der Waals surface area contributed by atoms with Crippen LogP contribution >= 0.6 is 11.3 Å². The van der Waals surface area contributed by atoms with Gasteiger partial charge in [-0.05, 0) is 49.4 Å². The summed E-state index contributed by atoms with van der Waals surface area (Å²) in [6, 6.07) is 11.1. The van der Waals surface area contributed by atoms with Gasteiger partial charge in [0.2, 0.25) is 0 Å². The number of amides is 1. The molecule has 0 unspecified atom stereocenters. The zero-order valence-corrected chi connectivity index (χ0v) is 15.7. The summed E-state index contributed by atoms with van der Waals surface area (Å²) < 4.78 is 0. The van der Waals surface area contributed by atoms with E-state index in [1.807, 2.05) is 0 Å². The van der Waals surface area contributed by atoms with Crippen molar-refractivity contribution in [3.05, 3.63) is 52.0 Å². The van der Waals surface area contributed by atoms with Gasteiger partial charge in [-0.2, -0.15) is 5.26 Å². The number of hydrogen-bond donors (Lipinski definition) is 2. The molecule has 0 atom stereocenters. The molecule has 4 rings (SSSR count). The first-order valence-electron chi connectivity index (χ1n) is 9.18. The molecule has 5 nitrogen and oxygen atoms in total. The number of nitrogens with one attached hydrogen (secondary N) is 1. The lowest BCUT2D eigenvalue weighted by molar-refractivity contribution is 0.103. The number of nitrogen functional groups attached to an aromatic ring is 1. The van der Waals surface area contributed by atoms with Crippen LogP contribution in [0.3, 0.4) is 0 Å². The van der Waals surface area contributed by atoms with Crippen LogP contribution < -0.4 is 11.1 Å². The van der Waals surface area contributed by atoms with E-state index in [0.717, 1.165) is 35.2 Å². The number of fused-ring (bicyclic) bond motifs is 2. The highest BCUT2D eigenvalue weighted by molar-refractivity contribution is 7.21. The van der Waals surface area contributed by atoms with Gasteiger partial charge in [-0.1, -0.05) is 25.0 Å². The second-order valence-electron chi connectivity index (χ2n) is 6.82. The molecule has 1 aliphatic rings. The summed E-state index contributed by atoms with van der Waals surface area (Å²) in [5, 5.41) is 12.9. The normalized spacial score (nSPS) is 14.0. The van der Waals surface area contributed by atoms with Crippen molar-refractivity contribution in [2.45, 2.75) is 38.5 Å². The molecule has 0 bridgehead atoms. The number of rotatable bonds is 2. The zero-order valence-electron chi connectivity index (χ0n) is 14.9. The van der Waals surface area contributed by atoms with E-state index in [0.29, 0.717) is 21.8 Å². The smallest absolute Gasteiger partial charge is 0.267 e. The molecule has 1 aromatic carbocycles. The molecule has 2 heterocycles. The van der Waals surface area contributed by atoms with Gasteiger partial charge in [0, 0.05) is 11.1 Å². The standard InChI is InChI=1S/C21H20N4OS/c22-12-14-8-5-6-10-17(14)24-20(26)19-18(23)15-11-13-7-3-1-2-4-9-16(13)25-21(15)27-19/h5-6,8,10-11H,1-4,7,9,23H2,(H,24,26). The maximum Gasteiger partial charge on any atom is 0.267 e. The molecule has 27 heavy (non-hydrogen) atoms. The second-order valence-corrected chi connectivity index (χ2v) is 7.82. The lowest BCUT2D eigenvalue weighted by Crippen LogP contribution is -2.12. The molecular formula is C21H20N4OS. The highest BCUT2D eigenvalue weighted by Crippen LogP contribution is 2.35. The minimum Gasteiger partial charge on any atom is -0.397 e. The SMILES string of the molecule is N#Cc1ccccc1NC(=O)c1sc2nc3c(cc2c1N)CCCCCC3. The topological polar surface area (TPSA) is 91.8 Å². The van der Waals surface area contributed by atoms with E-state index in [-0.39, 0.29) is 5.91 Å². The maximum atomic E-state index is 12.8. The van der Waals surface area contributed by atoms with Crippen molar-refractivity contribution in [3.8, 4) is 6.07 Å². The Morgan fingerprint density at radius 3 is 2.78 bits per heavy atom. The number of aromatic nitrogens is 1. The molecule has 0 saturated heterocycles. The zero-order chi connectivity index (χ0) is 18.8. The quantitative estimate of drug-likeness (QED) is 0.680. The summed E-state index contributed by atoms with van der Waals surface area (Å²) in [4.78, 5) is 18.9. The van der Waals surface area contributed by atoms with E-state index in [2.05, 4.69) is 17.5 Å². The summed E-state index contributed by atoms with van der Waals surface area (Å²) in [5.41, 5.74) is 10.1. The van der Waals surface area contributed by atoms with Crippen LogP contribution in [0.1, 0.15) is 52.2 Å². The first kappa shape index (κ1) is 17.5. The Morgan fingerprint density at radius 2 is 1.96 bits per heavy atom. The number of carbonyl (C=O) groups is 1. The van der Waals surface area contributed by atoms with E-state index in [1.54, 1.807) is 24.3 Å². The molecule has 3 aromatic rings. The summed E-state index contributed by atoms with van der Waals surface area (Å²) in [5.74, 6) is -0.300. The lowest BCUT2D eigenvalue weighted by Gasteiger charge is -2.12. The molecule has 136 valence electrons. The third-order valence-corrected chi connectivity index (χ3v) is 6.12. The Kier molecular flexibility index (Phi) is 4.78. The minimum atomic E-state index is -0.300. The first-order valence-corrected chi connectivity index (χ1v) is 10.0. The van der Waals surface area contributed by atoms with Gasteiger partial charge in [-0.3, -0.25) is 4.79 Å². The van der Waals surface area contributed by atoms with Gasteiger partial charge >= 0.3 is 0 Å². The van der Waals surface area contributed by atoms with E-state index in [4.69, 9.17) is 10.7 Å². The van der Waals surface area contributed by atoms with Crippen molar-refractivity contribution in [1.29, 1.82) is 5.26 Å². The summed E-state index contributed by atoms with van der Waals surface area (Å²) >= 11 is 1.32. The van der Waals surface area contributed by atoms with Crippen molar-refractivity contribution in [3.63, 3.8) is 0 Å². The van der Waals surface area contributed by atoms with Crippen LogP contribution in [-0.2, 0) is 12.8 Å². The van der Waals surface area contributed by atoms with Gasteiger partial charge in [0.25, 0.3) is 5.91 Å². The molecule has 1 amide bonds. The Morgan fingerprint density at radius 1 is 1.19 bits per heavy atom. The van der Waals surface area contributed by atoms with Crippen LogP contribution in [0.4, 0.5) is 11.4 Å². The van der Waals surface area contributed by atoms with Gasteiger partial charge < -0.3 is 11.1 Å². The summed E-state index contributed by atoms with van der Waals surface area (Å²) in [7, 11) is 0. The highest BCUT2D eigenvalue weighted by atomic mass is 32.1. The number of nitrogens with two attached hydrogens (primary N) is 1. The first-order chi connectivity index (χ1) is 13.2. The van der Waals surface area contributed by atoms with Gasteiger partial charge in [-0.25, -0.2) is 4.98 Å². The molecule has 0 aliphatic heterocycles. The number of para-hydroxylation sites is 1. The number of nitrogens with zero attached hydrogens (tertiary/aromatic N) is 2.